The van der Waals surface area contributed by atoms with Crippen LogP contribution in [0.3, 0.4) is 0 Å². The lowest BCUT2D eigenvalue weighted by Gasteiger charge is -2.01. The van der Waals surface area contributed by atoms with Crippen LogP contribution in [0.25, 0.3) is 0 Å². The summed E-state index contributed by atoms with van der Waals surface area (Å²) in [5.41, 5.74) is 5.70. The average molecular weight is 163 g/mol. The van der Waals surface area contributed by atoms with Crippen LogP contribution in [0.2, 0.25) is 0 Å². The number of ketones is 1. The van der Waals surface area contributed by atoms with Gasteiger partial charge in [0.25, 0.3) is 0 Å². The zero-order chi connectivity index (χ0) is 8.97. The van der Waals surface area contributed by atoms with Gasteiger partial charge < -0.3 is 10.5 Å². The quantitative estimate of drug-likeness (QED) is 0.398. The lowest BCUT2D eigenvalue weighted by atomic mass is 10.1. The number of carbonyl (C=O) groups is 2. The van der Waals surface area contributed by atoms with E-state index in [1.54, 1.807) is 30.3 Å². The maximum atomic E-state index is 11.2. The van der Waals surface area contributed by atoms with Crippen LogP contribution in [0.15, 0.2) is 30.3 Å². The Morgan fingerprint density at radius 1 is 1.33 bits per heavy atom. The highest BCUT2D eigenvalue weighted by Crippen LogP contribution is 2.00. The molecular formula is C9H9NO2. The minimum absolute atomic E-state index is 0.342. The van der Waals surface area contributed by atoms with Crippen LogP contribution in [0.4, 0.5) is 0 Å². The van der Waals surface area contributed by atoms with Crippen LogP contribution in [-0.4, -0.2) is 18.1 Å². The van der Waals surface area contributed by atoms with Gasteiger partial charge in [0.15, 0.2) is 5.78 Å². The van der Waals surface area contributed by atoms with E-state index in [1.165, 1.54) is 0 Å². The summed E-state index contributed by atoms with van der Waals surface area (Å²) in [6.45, 7) is 0. The van der Waals surface area contributed by atoms with Gasteiger partial charge in [-0.1, -0.05) is 30.3 Å². The van der Waals surface area contributed by atoms with E-state index in [0.717, 1.165) is 0 Å². The first-order valence-electron chi connectivity index (χ1n) is 3.56. The van der Waals surface area contributed by atoms with Crippen molar-refractivity contribution in [3.8, 4) is 0 Å². The Balaban J connectivity index is 2.85. The summed E-state index contributed by atoms with van der Waals surface area (Å²) < 4.78 is 0. The molecule has 0 heterocycles. The summed E-state index contributed by atoms with van der Waals surface area (Å²) in [7, 11) is 0. The van der Waals surface area contributed by atoms with Gasteiger partial charge in [-0.25, -0.2) is 0 Å². The Kier molecular flexibility index (Phi) is 2.71. The minimum Gasteiger partial charge on any atom is -0.315 e. The summed E-state index contributed by atoms with van der Waals surface area (Å²) in [6.07, 6.45) is 0.440. The molecule has 1 rings (SSSR count). The number of carbonyl (C=O) groups excluding carboxylic acids is 2. The molecule has 1 atom stereocenters. The van der Waals surface area contributed by atoms with Crippen molar-refractivity contribution in [2.75, 3.05) is 0 Å². The molecule has 0 amide bonds. The molecule has 0 aliphatic rings. The molecular weight excluding hydrogens is 154 g/mol. The molecule has 0 fully saturated rings. The van der Waals surface area contributed by atoms with Crippen molar-refractivity contribution >= 4 is 12.1 Å². The molecule has 12 heavy (non-hydrogen) atoms. The van der Waals surface area contributed by atoms with Crippen molar-refractivity contribution in [1.82, 2.24) is 0 Å². The number of nitrogens with two attached hydrogens (primary N) is 1. The molecule has 0 saturated heterocycles. The van der Waals surface area contributed by atoms with E-state index < -0.39 is 6.04 Å². The zero-order valence-electron chi connectivity index (χ0n) is 6.44. The predicted molar refractivity (Wildman–Crippen MR) is 44.8 cm³/mol. The van der Waals surface area contributed by atoms with Gasteiger partial charge in [-0.2, -0.15) is 0 Å². The van der Waals surface area contributed by atoms with Crippen molar-refractivity contribution in [2.45, 2.75) is 6.04 Å². The molecule has 0 aliphatic carbocycles. The Bertz CT molecular complexity index is 282. The van der Waals surface area contributed by atoms with Gasteiger partial charge in [-0.15, -0.1) is 0 Å². The highest BCUT2D eigenvalue weighted by Gasteiger charge is 2.13. The third kappa shape index (κ3) is 1.77. The zero-order valence-corrected chi connectivity index (χ0v) is 6.44. The normalized spacial score (nSPS) is 12.1. The predicted octanol–water partition coefficient (Wildman–Crippen LogP) is 0.395. The molecule has 2 N–H and O–H groups in total. The molecule has 1 aromatic rings. The molecule has 0 spiro atoms. The Labute approximate surface area is 70.2 Å². The highest BCUT2D eigenvalue weighted by atomic mass is 16.1. The van der Waals surface area contributed by atoms with Crippen LogP contribution >= 0.6 is 0 Å². The van der Waals surface area contributed by atoms with Gasteiger partial charge in [0, 0.05) is 5.56 Å². The molecule has 62 valence electrons. The largest absolute Gasteiger partial charge is 0.315 e. The first-order valence-corrected chi connectivity index (χ1v) is 3.56. The van der Waals surface area contributed by atoms with Crippen LogP contribution in [0.5, 0.6) is 0 Å². The SMILES string of the molecule is NC(C=O)C(=O)c1ccccc1. The molecule has 3 heteroatoms. The second-order valence-corrected chi connectivity index (χ2v) is 2.39. The van der Waals surface area contributed by atoms with Crippen molar-refractivity contribution in [3.63, 3.8) is 0 Å². The molecule has 3 nitrogen and oxygen atoms in total. The molecule has 1 unspecified atom stereocenters. The van der Waals surface area contributed by atoms with Crippen molar-refractivity contribution < 1.29 is 9.59 Å². The summed E-state index contributed by atoms with van der Waals surface area (Å²) in [5.74, 6) is -0.342. The Morgan fingerprint density at radius 2 is 1.92 bits per heavy atom. The first kappa shape index (κ1) is 8.62. The number of rotatable bonds is 3. The van der Waals surface area contributed by atoms with E-state index in [0.29, 0.717) is 11.8 Å². The Morgan fingerprint density at radius 3 is 2.42 bits per heavy atom. The van der Waals surface area contributed by atoms with Crippen molar-refractivity contribution in [2.24, 2.45) is 5.73 Å². The smallest absolute Gasteiger partial charge is 0.186 e. The van der Waals surface area contributed by atoms with E-state index in [9.17, 15) is 9.59 Å². The van der Waals surface area contributed by atoms with Crippen LogP contribution < -0.4 is 5.73 Å². The molecule has 0 aromatic heterocycles. The van der Waals surface area contributed by atoms with Gasteiger partial charge in [0.2, 0.25) is 0 Å². The highest BCUT2D eigenvalue weighted by molar-refractivity contribution is 6.08. The summed E-state index contributed by atoms with van der Waals surface area (Å²) >= 11 is 0. The van der Waals surface area contributed by atoms with Gasteiger partial charge in [0.05, 0.1) is 0 Å². The Hall–Kier alpha value is -1.48. The van der Waals surface area contributed by atoms with E-state index in [2.05, 4.69) is 0 Å². The number of Topliss-reactive ketones (excluding diaryl/α,β-unsaturated/α-hetero) is 1. The van der Waals surface area contributed by atoms with Gasteiger partial charge in [-0.3, -0.25) is 4.79 Å². The van der Waals surface area contributed by atoms with Gasteiger partial charge in [0.1, 0.15) is 12.3 Å². The third-order valence-corrected chi connectivity index (χ3v) is 1.51. The van der Waals surface area contributed by atoms with Gasteiger partial charge >= 0.3 is 0 Å². The lowest BCUT2D eigenvalue weighted by Crippen LogP contribution is -2.31. The fraction of sp³-hybridized carbons (Fsp3) is 0.111. The molecule has 0 aliphatic heterocycles. The van der Waals surface area contributed by atoms with Crippen LogP contribution in [0.1, 0.15) is 10.4 Å². The first-order chi connectivity index (χ1) is 5.75. The molecule has 0 radical (unpaired) electrons. The molecule has 1 aromatic carbocycles. The van der Waals surface area contributed by atoms with Gasteiger partial charge in [-0.05, 0) is 0 Å². The molecule has 0 bridgehead atoms. The van der Waals surface area contributed by atoms with Crippen LogP contribution in [0, 0.1) is 0 Å². The maximum absolute atomic E-state index is 11.2. The fourth-order valence-electron chi connectivity index (χ4n) is 0.857. The monoisotopic (exact) mass is 163 g/mol. The second-order valence-electron chi connectivity index (χ2n) is 2.39. The topological polar surface area (TPSA) is 60.2 Å². The summed E-state index contributed by atoms with van der Waals surface area (Å²) in [4.78, 5) is 21.4. The number of aldehydes is 1. The summed E-state index contributed by atoms with van der Waals surface area (Å²) in [5, 5.41) is 0. The number of hydrogen-bond donors (Lipinski definition) is 1. The average Bonchev–Trinajstić information content (AvgIpc) is 2.17. The lowest BCUT2D eigenvalue weighted by molar-refractivity contribution is -0.108. The maximum Gasteiger partial charge on any atom is 0.186 e. The second kappa shape index (κ2) is 3.78. The van der Waals surface area contributed by atoms with Crippen molar-refractivity contribution in [3.05, 3.63) is 35.9 Å². The molecule has 0 saturated carbocycles. The van der Waals surface area contributed by atoms with E-state index in [1.807, 2.05) is 0 Å². The fourth-order valence-corrected chi connectivity index (χ4v) is 0.857. The number of hydrogen-bond acceptors (Lipinski definition) is 3. The van der Waals surface area contributed by atoms with E-state index in [-0.39, 0.29) is 5.78 Å². The van der Waals surface area contributed by atoms with E-state index >= 15 is 0 Å². The number of benzene rings is 1. The third-order valence-electron chi connectivity index (χ3n) is 1.51. The van der Waals surface area contributed by atoms with Crippen molar-refractivity contribution in [1.29, 1.82) is 0 Å². The van der Waals surface area contributed by atoms with E-state index in [4.69, 9.17) is 5.73 Å². The standard InChI is InChI=1S/C9H9NO2/c10-8(6-11)9(12)7-4-2-1-3-5-7/h1-6,8H,10H2. The van der Waals surface area contributed by atoms with Crippen LogP contribution in [-0.2, 0) is 4.79 Å². The summed E-state index contributed by atoms with van der Waals surface area (Å²) in [6, 6.07) is 7.48. The minimum atomic E-state index is -1.03.